The minimum Gasteiger partial charge on any atom is -0.462 e. The van der Waals surface area contributed by atoms with E-state index in [2.05, 4.69) is 0 Å². The average molecular weight is 344 g/mol. The molecule has 1 unspecified atom stereocenters. The van der Waals surface area contributed by atoms with E-state index in [9.17, 15) is 9.36 Å². The lowest BCUT2D eigenvalue weighted by Crippen LogP contribution is -2.16. The summed E-state index contributed by atoms with van der Waals surface area (Å²) in [5, 5.41) is 0.519. The summed E-state index contributed by atoms with van der Waals surface area (Å²) in [7, 11) is -3.55. The minimum absolute atomic E-state index is 0.0450. The van der Waals surface area contributed by atoms with Crippen molar-refractivity contribution in [3.8, 4) is 0 Å². The third-order valence-corrected chi connectivity index (χ3v) is 5.86. The van der Waals surface area contributed by atoms with Gasteiger partial charge in [-0.25, -0.2) is 4.79 Å². The molecule has 0 aliphatic heterocycles. The molecule has 0 spiro atoms. The molecule has 0 fully saturated rings. The fraction of sp³-hybridized carbons (Fsp3) is 0.211. The molecule has 0 bridgehead atoms. The van der Waals surface area contributed by atoms with Gasteiger partial charge >= 0.3 is 5.97 Å². The maximum atomic E-state index is 13.6. The van der Waals surface area contributed by atoms with Crippen LogP contribution in [-0.2, 0) is 18.6 Å². The summed E-state index contributed by atoms with van der Waals surface area (Å²) in [5.41, 5.74) is 0.761. The van der Waals surface area contributed by atoms with Crippen LogP contribution < -0.4 is 5.30 Å². The highest BCUT2D eigenvalue weighted by Gasteiger charge is 2.36. The van der Waals surface area contributed by atoms with Gasteiger partial charge in [0, 0.05) is 5.30 Å². The van der Waals surface area contributed by atoms with Gasteiger partial charge in [-0.2, -0.15) is 0 Å². The topological polar surface area (TPSA) is 52.6 Å². The van der Waals surface area contributed by atoms with Crippen molar-refractivity contribution in [1.29, 1.82) is 0 Å². The van der Waals surface area contributed by atoms with Crippen LogP contribution in [0.15, 0.2) is 66.0 Å². The van der Waals surface area contributed by atoms with Gasteiger partial charge in [-0.05, 0) is 37.6 Å². The molecule has 0 saturated heterocycles. The molecule has 24 heavy (non-hydrogen) atoms. The Balaban J connectivity index is 2.60. The second-order valence-electron chi connectivity index (χ2n) is 4.97. The quantitative estimate of drug-likeness (QED) is 0.428. The molecule has 4 nitrogen and oxygen atoms in total. The number of hydrogen-bond donors (Lipinski definition) is 0. The summed E-state index contributed by atoms with van der Waals surface area (Å²) in [6.07, 6.45) is 1.58. The van der Waals surface area contributed by atoms with Crippen molar-refractivity contribution in [1.82, 2.24) is 0 Å². The second-order valence-corrected chi connectivity index (χ2v) is 7.32. The first kappa shape index (κ1) is 18.2. The second kappa shape index (κ2) is 8.62. The van der Waals surface area contributed by atoms with Crippen molar-refractivity contribution in [3.05, 3.63) is 71.5 Å². The summed E-state index contributed by atoms with van der Waals surface area (Å²) >= 11 is 0. The first-order valence-electron chi connectivity index (χ1n) is 7.86. The fourth-order valence-electron chi connectivity index (χ4n) is 2.27. The third-order valence-electron chi connectivity index (χ3n) is 3.31. The van der Waals surface area contributed by atoms with Crippen LogP contribution in [0.3, 0.4) is 0 Å². The van der Waals surface area contributed by atoms with Gasteiger partial charge in [0.1, 0.15) is 5.31 Å². The zero-order chi connectivity index (χ0) is 17.4. The first-order chi connectivity index (χ1) is 11.6. The lowest BCUT2D eigenvalue weighted by Gasteiger charge is -2.20. The third kappa shape index (κ3) is 4.22. The Kier molecular flexibility index (Phi) is 6.53. The van der Waals surface area contributed by atoms with E-state index >= 15 is 0 Å². The summed E-state index contributed by atoms with van der Waals surface area (Å²) in [5.74, 6) is -0.623. The number of ether oxygens (including phenoxy) is 1. The molecule has 0 N–H and O–H groups in total. The van der Waals surface area contributed by atoms with E-state index in [1.54, 1.807) is 44.2 Å². The predicted molar refractivity (Wildman–Crippen MR) is 96.4 cm³/mol. The first-order valence-corrected chi connectivity index (χ1v) is 9.49. The molecule has 1 atom stereocenters. The number of carbonyl (C=O) groups is 1. The van der Waals surface area contributed by atoms with Gasteiger partial charge in [0.05, 0.1) is 13.2 Å². The highest BCUT2D eigenvalue weighted by atomic mass is 31.2. The lowest BCUT2D eigenvalue weighted by molar-refractivity contribution is -0.137. The van der Waals surface area contributed by atoms with Gasteiger partial charge < -0.3 is 9.26 Å². The van der Waals surface area contributed by atoms with Crippen LogP contribution in [0.1, 0.15) is 19.4 Å². The molecule has 0 radical (unpaired) electrons. The highest BCUT2D eigenvalue weighted by Crippen LogP contribution is 2.54. The van der Waals surface area contributed by atoms with E-state index in [0.717, 1.165) is 5.56 Å². The van der Waals surface area contributed by atoms with Crippen LogP contribution >= 0.6 is 7.37 Å². The van der Waals surface area contributed by atoms with Crippen LogP contribution in [0, 0.1) is 0 Å². The Morgan fingerprint density at radius 1 is 0.958 bits per heavy atom. The number of hydrogen-bond acceptors (Lipinski definition) is 4. The predicted octanol–water partition coefficient (Wildman–Crippen LogP) is 4.23. The number of carbonyl (C=O) groups excluding carboxylic acids is 1. The zero-order valence-electron chi connectivity index (χ0n) is 13.8. The van der Waals surface area contributed by atoms with E-state index in [1.807, 2.05) is 36.4 Å². The van der Waals surface area contributed by atoms with Crippen LogP contribution in [-0.4, -0.2) is 19.2 Å². The molecule has 2 aromatic carbocycles. The van der Waals surface area contributed by atoms with Gasteiger partial charge in [0.2, 0.25) is 0 Å². The lowest BCUT2D eigenvalue weighted by atomic mass is 10.2. The molecule has 0 aliphatic carbocycles. The molecule has 126 valence electrons. The van der Waals surface area contributed by atoms with Crippen molar-refractivity contribution >= 4 is 24.7 Å². The van der Waals surface area contributed by atoms with Gasteiger partial charge in [-0.1, -0.05) is 48.5 Å². The molecule has 5 heteroatoms. The maximum Gasteiger partial charge on any atom is 0.344 e. The van der Waals surface area contributed by atoms with E-state index in [4.69, 9.17) is 9.26 Å². The minimum atomic E-state index is -3.55. The molecule has 0 heterocycles. The monoisotopic (exact) mass is 344 g/mol. The summed E-state index contributed by atoms with van der Waals surface area (Å²) in [6, 6.07) is 18.0. The molecular formula is C19H21O4P. The molecule has 2 aromatic rings. The SMILES string of the molecule is CCOC(=O)/C(=C\c1ccccc1)P(=O)(OCC)c1ccccc1. The van der Waals surface area contributed by atoms with Gasteiger partial charge in [-0.15, -0.1) is 0 Å². The normalized spacial score (nSPS) is 14.0. The van der Waals surface area contributed by atoms with Gasteiger partial charge in [0.25, 0.3) is 7.37 Å². The Bertz CT molecular complexity index is 738. The molecular weight excluding hydrogens is 323 g/mol. The van der Waals surface area contributed by atoms with Crippen molar-refractivity contribution in [3.63, 3.8) is 0 Å². The smallest absolute Gasteiger partial charge is 0.344 e. The molecule has 2 rings (SSSR count). The fourth-order valence-corrected chi connectivity index (χ4v) is 4.38. The van der Waals surface area contributed by atoms with E-state index < -0.39 is 13.3 Å². The van der Waals surface area contributed by atoms with Crippen molar-refractivity contribution in [2.45, 2.75) is 13.8 Å². The highest BCUT2D eigenvalue weighted by molar-refractivity contribution is 7.72. The Morgan fingerprint density at radius 2 is 1.54 bits per heavy atom. The Morgan fingerprint density at radius 3 is 2.08 bits per heavy atom. The standard InChI is InChI=1S/C19H21O4P/c1-3-22-19(20)18(15-16-11-7-5-8-12-16)24(21,23-4-2)17-13-9-6-10-14-17/h5-15H,3-4H2,1-2H3/b18-15+. The molecule has 0 aromatic heterocycles. The van der Waals surface area contributed by atoms with Crippen molar-refractivity contribution in [2.75, 3.05) is 13.2 Å². The van der Waals surface area contributed by atoms with E-state index in [-0.39, 0.29) is 18.5 Å². The van der Waals surface area contributed by atoms with E-state index in [1.165, 1.54) is 0 Å². The molecule has 0 amide bonds. The van der Waals surface area contributed by atoms with Crippen molar-refractivity contribution < 1.29 is 18.6 Å². The largest absolute Gasteiger partial charge is 0.462 e. The Labute approximate surface area is 142 Å². The molecule has 0 aliphatic rings. The van der Waals surface area contributed by atoms with Crippen LogP contribution in [0.25, 0.3) is 6.08 Å². The number of rotatable bonds is 7. The van der Waals surface area contributed by atoms with Crippen molar-refractivity contribution in [2.24, 2.45) is 0 Å². The zero-order valence-corrected chi connectivity index (χ0v) is 14.7. The number of benzene rings is 2. The van der Waals surface area contributed by atoms with E-state index in [0.29, 0.717) is 5.30 Å². The van der Waals surface area contributed by atoms with Gasteiger partial charge in [-0.3, -0.25) is 4.57 Å². The summed E-state index contributed by atoms with van der Waals surface area (Å²) in [4.78, 5) is 12.5. The van der Waals surface area contributed by atoms with Crippen LogP contribution in [0.2, 0.25) is 0 Å². The summed E-state index contributed by atoms with van der Waals surface area (Å²) in [6.45, 7) is 3.89. The Hall–Kier alpha value is -2.16. The van der Waals surface area contributed by atoms with Crippen LogP contribution in [0.4, 0.5) is 0 Å². The summed E-state index contributed by atoms with van der Waals surface area (Å²) < 4.78 is 24.4. The van der Waals surface area contributed by atoms with Crippen LogP contribution in [0.5, 0.6) is 0 Å². The van der Waals surface area contributed by atoms with Gasteiger partial charge in [0.15, 0.2) is 0 Å². The average Bonchev–Trinajstić information content (AvgIpc) is 2.61. The number of esters is 1. The maximum absolute atomic E-state index is 13.6. The molecule has 0 saturated carbocycles.